The SMILES string of the molecule is CCOc1ccc(NC(=O)[C@H](C)NS(=O)(=O)c2c(C)noc2C)cc1OC. The van der Waals surface area contributed by atoms with E-state index in [0.717, 1.165) is 0 Å². The van der Waals surface area contributed by atoms with Gasteiger partial charge in [-0.05, 0) is 39.8 Å². The van der Waals surface area contributed by atoms with Crippen LogP contribution in [0.4, 0.5) is 5.69 Å². The van der Waals surface area contributed by atoms with Crippen LogP contribution in [-0.2, 0) is 14.8 Å². The first-order valence-electron chi connectivity index (χ1n) is 8.26. The largest absolute Gasteiger partial charge is 0.493 e. The van der Waals surface area contributed by atoms with E-state index in [0.29, 0.717) is 23.8 Å². The van der Waals surface area contributed by atoms with E-state index in [1.165, 1.54) is 27.9 Å². The zero-order chi connectivity index (χ0) is 20.2. The van der Waals surface area contributed by atoms with Gasteiger partial charge in [0.1, 0.15) is 10.6 Å². The lowest BCUT2D eigenvalue weighted by molar-refractivity contribution is -0.117. The van der Waals surface area contributed by atoms with Gasteiger partial charge >= 0.3 is 0 Å². The highest BCUT2D eigenvalue weighted by Crippen LogP contribution is 2.30. The van der Waals surface area contributed by atoms with E-state index in [2.05, 4.69) is 15.2 Å². The number of ether oxygens (including phenoxy) is 2. The van der Waals surface area contributed by atoms with Crippen LogP contribution < -0.4 is 19.5 Å². The minimum Gasteiger partial charge on any atom is -0.493 e. The Bertz CT molecular complexity index is 903. The number of benzene rings is 1. The van der Waals surface area contributed by atoms with Crippen molar-refractivity contribution in [3.05, 3.63) is 29.7 Å². The second kappa shape index (κ2) is 8.40. The summed E-state index contributed by atoms with van der Waals surface area (Å²) in [7, 11) is -2.46. The molecule has 148 valence electrons. The van der Waals surface area contributed by atoms with Gasteiger partial charge in [-0.3, -0.25) is 4.79 Å². The van der Waals surface area contributed by atoms with Gasteiger partial charge in [0.2, 0.25) is 15.9 Å². The molecule has 2 rings (SSSR count). The highest BCUT2D eigenvalue weighted by atomic mass is 32.2. The van der Waals surface area contributed by atoms with Crippen LogP contribution in [0.25, 0.3) is 0 Å². The summed E-state index contributed by atoms with van der Waals surface area (Å²) in [5.74, 6) is 0.629. The zero-order valence-electron chi connectivity index (χ0n) is 15.8. The molecule has 1 aromatic carbocycles. The van der Waals surface area contributed by atoms with E-state index in [1.807, 2.05) is 6.92 Å². The van der Waals surface area contributed by atoms with Gasteiger partial charge in [-0.2, -0.15) is 4.72 Å². The number of sulfonamides is 1. The van der Waals surface area contributed by atoms with E-state index in [9.17, 15) is 13.2 Å². The number of nitrogens with zero attached hydrogens (tertiary/aromatic N) is 1. The summed E-state index contributed by atoms with van der Waals surface area (Å²) in [6, 6.07) is 3.87. The highest BCUT2D eigenvalue weighted by Gasteiger charge is 2.28. The molecule has 27 heavy (non-hydrogen) atoms. The fourth-order valence-corrected chi connectivity index (χ4v) is 4.01. The Balaban J connectivity index is 2.12. The van der Waals surface area contributed by atoms with Crippen LogP contribution in [0.1, 0.15) is 25.3 Å². The van der Waals surface area contributed by atoms with Crippen LogP contribution >= 0.6 is 0 Å². The summed E-state index contributed by atoms with van der Waals surface area (Å²) in [6.45, 7) is 6.77. The molecule has 0 radical (unpaired) electrons. The molecule has 2 N–H and O–H groups in total. The van der Waals surface area contributed by atoms with Gasteiger partial charge in [0, 0.05) is 11.8 Å². The standard InChI is InChI=1S/C17H23N3O6S/c1-6-25-14-8-7-13(9-15(14)24-5)18-17(21)11(3)20-27(22,23)16-10(2)19-26-12(16)4/h7-9,11,20H,6H2,1-5H3,(H,18,21)/t11-/m0/s1. The van der Waals surface area contributed by atoms with Crippen LogP contribution in [0.15, 0.2) is 27.6 Å². The first kappa shape index (κ1) is 20.7. The molecule has 0 bridgehead atoms. The number of rotatable bonds is 8. The van der Waals surface area contributed by atoms with Gasteiger partial charge < -0.3 is 19.3 Å². The van der Waals surface area contributed by atoms with Crippen LogP contribution in [0.5, 0.6) is 11.5 Å². The average molecular weight is 397 g/mol. The normalized spacial score (nSPS) is 12.5. The zero-order valence-corrected chi connectivity index (χ0v) is 16.6. The second-order valence-corrected chi connectivity index (χ2v) is 7.43. The third kappa shape index (κ3) is 4.77. The van der Waals surface area contributed by atoms with Crippen molar-refractivity contribution in [1.29, 1.82) is 0 Å². The van der Waals surface area contributed by atoms with E-state index < -0.39 is 22.0 Å². The number of hydrogen-bond donors (Lipinski definition) is 2. The summed E-state index contributed by atoms with van der Waals surface area (Å²) in [5.41, 5.74) is 0.674. The van der Waals surface area contributed by atoms with Gasteiger partial charge in [0.15, 0.2) is 17.3 Å². The minimum atomic E-state index is -3.95. The third-order valence-electron chi connectivity index (χ3n) is 3.69. The molecule has 0 aliphatic heterocycles. The molecule has 1 amide bonds. The van der Waals surface area contributed by atoms with Crippen molar-refractivity contribution in [2.45, 2.75) is 38.6 Å². The Morgan fingerprint density at radius 1 is 1.30 bits per heavy atom. The van der Waals surface area contributed by atoms with Gasteiger partial charge in [0.05, 0.1) is 19.8 Å². The lowest BCUT2D eigenvalue weighted by atomic mass is 10.2. The third-order valence-corrected chi connectivity index (χ3v) is 5.48. The Morgan fingerprint density at radius 2 is 2.00 bits per heavy atom. The number of methoxy groups -OCH3 is 1. The van der Waals surface area contributed by atoms with Crippen LogP contribution in [0.3, 0.4) is 0 Å². The smallest absolute Gasteiger partial charge is 0.246 e. The topological polar surface area (TPSA) is 120 Å². The summed E-state index contributed by atoms with van der Waals surface area (Å²) in [6.07, 6.45) is 0. The van der Waals surface area contributed by atoms with Crippen LogP contribution in [0.2, 0.25) is 0 Å². The van der Waals surface area contributed by atoms with Crippen molar-refractivity contribution < 1.29 is 27.2 Å². The Hall–Kier alpha value is -2.59. The molecule has 1 atom stereocenters. The number of amides is 1. The number of anilines is 1. The predicted octanol–water partition coefficient (Wildman–Crippen LogP) is 2.00. The molecule has 0 aliphatic carbocycles. The van der Waals surface area contributed by atoms with Crippen molar-refractivity contribution in [1.82, 2.24) is 9.88 Å². The maximum atomic E-state index is 12.5. The monoisotopic (exact) mass is 397 g/mol. The maximum absolute atomic E-state index is 12.5. The van der Waals surface area contributed by atoms with Gasteiger partial charge in [-0.1, -0.05) is 5.16 Å². The molecule has 1 heterocycles. The minimum absolute atomic E-state index is 0.0649. The molecule has 9 nitrogen and oxygen atoms in total. The molecule has 0 unspecified atom stereocenters. The van der Waals surface area contributed by atoms with Crippen molar-refractivity contribution in [2.75, 3.05) is 19.0 Å². The Kier molecular flexibility index (Phi) is 6.45. The number of nitrogens with one attached hydrogen (secondary N) is 2. The second-order valence-electron chi connectivity index (χ2n) is 5.78. The predicted molar refractivity (Wildman–Crippen MR) is 98.6 cm³/mol. The Morgan fingerprint density at radius 3 is 2.56 bits per heavy atom. The number of aryl methyl sites for hydroxylation is 2. The summed E-state index contributed by atoms with van der Waals surface area (Å²) in [4.78, 5) is 12.3. The van der Waals surface area contributed by atoms with Crippen LogP contribution in [0, 0.1) is 13.8 Å². The van der Waals surface area contributed by atoms with Crippen molar-refractivity contribution in [3.8, 4) is 11.5 Å². The molecule has 0 spiro atoms. The molecular weight excluding hydrogens is 374 g/mol. The average Bonchev–Trinajstić information content (AvgIpc) is 2.95. The molecule has 2 aromatic rings. The molecule has 10 heteroatoms. The number of carbonyl (C=O) groups excluding carboxylic acids is 1. The maximum Gasteiger partial charge on any atom is 0.246 e. The van der Waals surface area contributed by atoms with Crippen molar-refractivity contribution >= 4 is 21.6 Å². The highest BCUT2D eigenvalue weighted by molar-refractivity contribution is 7.89. The first-order valence-corrected chi connectivity index (χ1v) is 9.74. The fraction of sp³-hybridized carbons (Fsp3) is 0.412. The van der Waals surface area contributed by atoms with Gasteiger partial charge in [0.25, 0.3) is 0 Å². The van der Waals surface area contributed by atoms with Crippen molar-refractivity contribution in [2.24, 2.45) is 0 Å². The van der Waals surface area contributed by atoms with Gasteiger partial charge in [-0.25, -0.2) is 8.42 Å². The molecule has 0 fully saturated rings. The first-order chi connectivity index (χ1) is 12.7. The number of hydrogen-bond acceptors (Lipinski definition) is 7. The summed E-state index contributed by atoms with van der Waals surface area (Å²) < 4.78 is 42.8. The molecule has 1 aromatic heterocycles. The van der Waals surface area contributed by atoms with E-state index in [1.54, 1.807) is 18.2 Å². The van der Waals surface area contributed by atoms with E-state index in [-0.39, 0.29) is 16.3 Å². The quantitative estimate of drug-likeness (QED) is 0.699. The molecule has 0 aliphatic rings. The van der Waals surface area contributed by atoms with E-state index >= 15 is 0 Å². The lowest BCUT2D eigenvalue weighted by Crippen LogP contribution is -2.41. The fourth-order valence-electron chi connectivity index (χ4n) is 2.47. The lowest BCUT2D eigenvalue weighted by Gasteiger charge is -2.15. The Labute approximate surface area is 158 Å². The van der Waals surface area contributed by atoms with Crippen LogP contribution in [-0.4, -0.2) is 39.2 Å². The molecule has 0 saturated heterocycles. The summed E-state index contributed by atoms with van der Waals surface area (Å²) >= 11 is 0. The van der Waals surface area contributed by atoms with Gasteiger partial charge in [-0.15, -0.1) is 0 Å². The summed E-state index contributed by atoms with van der Waals surface area (Å²) in [5, 5.41) is 6.27. The molecular formula is C17H23N3O6S. The number of carbonyl (C=O) groups is 1. The van der Waals surface area contributed by atoms with E-state index in [4.69, 9.17) is 14.0 Å². The van der Waals surface area contributed by atoms with Crippen molar-refractivity contribution in [3.63, 3.8) is 0 Å². The molecule has 0 saturated carbocycles. The number of aromatic nitrogens is 1.